The molecule has 3 unspecified atom stereocenters. The third-order valence-corrected chi connectivity index (χ3v) is 6.60. The number of aromatic nitrogens is 1. The minimum atomic E-state index is -0.979. The Morgan fingerprint density at radius 3 is 2.87 bits per heavy atom. The molecule has 0 spiro atoms. The van der Waals surface area contributed by atoms with Crippen molar-refractivity contribution in [3.63, 3.8) is 0 Å². The van der Waals surface area contributed by atoms with Gasteiger partial charge in [0.2, 0.25) is 11.6 Å². The fraction of sp³-hybridized carbons (Fsp3) is 0.429. The molecule has 5 rings (SSSR count). The summed E-state index contributed by atoms with van der Waals surface area (Å²) in [5.74, 6) is -1.19. The van der Waals surface area contributed by atoms with Gasteiger partial charge >= 0.3 is 6.09 Å². The number of ether oxygens (including phenoxy) is 2. The molecule has 162 valence electrons. The smallest absolute Gasteiger partial charge is 0.404 e. The Morgan fingerprint density at radius 1 is 1.39 bits per heavy atom. The third-order valence-electron chi connectivity index (χ3n) is 6.60. The van der Waals surface area contributed by atoms with Crippen molar-refractivity contribution in [1.29, 1.82) is 0 Å². The molecule has 4 N–H and O–H groups in total. The van der Waals surface area contributed by atoms with E-state index in [4.69, 9.17) is 15.2 Å². The van der Waals surface area contributed by atoms with Crippen LogP contribution >= 0.6 is 0 Å². The van der Waals surface area contributed by atoms with Gasteiger partial charge in [0, 0.05) is 37.0 Å². The summed E-state index contributed by atoms with van der Waals surface area (Å²) in [6, 6.07) is 5.57. The van der Waals surface area contributed by atoms with Gasteiger partial charge in [0.1, 0.15) is 6.61 Å². The number of rotatable bonds is 6. The van der Waals surface area contributed by atoms with Crippen molar-refractivity contribution in [2.75, 3.05) is 20.3 Å². The standard InChI is InChI=1S/C21H23N5O5/c1-10-15(24-7-11-5-3-4-6-23-11)18(28)14-12(9-31-20(22)29)21(30-2)19-13(25-19)8-26(21)16(14)17(10)27/h3-6,12-13,19,24-25H,7-9H2,1-2H3,(H2,22,29)/t12?,13?,19?,21-/m1/s1. The Kier molecular flexibility index (Phi) is 4.38. The molecular formula is C21H23N5O5. The number of carbonyl (C=O) groups is 3. The molecule has 4 atom stereocenters. The summed E-state index contributed by atoms with van der Waals surface area (Å²) in [5, 5.41) is 6.42. The van der Waals surface area contributed by atoms with Crippen molar-refractivity contribution < 1.29 is 23.9 Å². The van der Waals surface area contributed by atoms with Crippen LogP contribution in [0.25, 0.3) is 0 Å². The van der Waals surface area contributed by atoms with E-state index in [1.165, 1.54) is 0 Å². The van der Waals surface area contributed by atoms with E-state index < -0.39 is 17.7 Å². The molecule has 1 aromatic heterocycles. The fourth-order valence-electron chi connectivity index (χ4n) is 5.19. The Bertz CT molecular complexity index is 1050. The number of Topliss-reactive ketones (excluding diaryl/α,β-unsaturated/α-hetero) is 2. The number of ketones is 2. The van der Waals surface area contributed by atoms with Crippen LogP contribution in [0, 0.1) is 5.92 Å². The molecule has 4 aliphatic rings. The molecule has 1 aliphatic carbocycles. The molecular weight excluding hydrogens is 402 g/mol. The predicted molar refractivity (Wildman–Crippen MR) is 107 cm³/mol. The van der Waals surface area contributed by atoms with E-state index in [1.807, 2.05) is 17.0 Å². The van der Waals surface area contributed by atoms with E-state index in [0.29, 0.717) is 29.9 Å². The van der Waals surface area contributed by atoms with Crippen LogP contribution < -0.4 is 16.4 Å². The van der Waals surface area contributed by atoms with Crippen molar-refractivity contribution in [1.82, 2.24) is 20.5 Å². The highest BCUT2D eigenvalue weighted by atomic mass is 16.6. The van der Waals surface area contributed by atoms with Crippen LogP contribution in [0.4, 0.5) is 4.79 Å². The molecule has 2 saturated heterocycles. The summed E-state index contributed by atoms with van der Waals surface area (Å²) in [6.07, 6.45) is 0.719. The number of hydrogen-bond acceptors (Lipinski definition) is 9. The molecule has 2 fully saturated rings. The van der Waals surface area contributed by atoms with Gasteiger partial charge in [-0.1, -0.05) is 6.07 Å². The third kappa shape index (κ3) is 2.71. The fourth-order valence-corrected chi connectivity index (χ4v) is 5.19. The Morgan fingerprint density at radius 2 is 2.19 bits per heavy atom. The highest BCUT2D eigenvalue weighted by Gasteiger charge is 2.72. The van der Waals surface area contributed by atoms with Crippen molar-refractivity contribution >= 4 is 17.7 Å². The van der Waals surface area contributed by atoms with Crippen LogP contribution in [0.1, 0.15) is 12.6 Å². The minimum Gasteiger partial charge on any atom is -0.449 e. The zero-order valence-corrected chi connectivity index (χ0v) is 17.2. The van der Waals surface area contributed by atoms with E-state index in [0.717, 1.165) is 5.69 Å². The highest BCUT2D eigenvalue weighted by Crippen LogP contribution is 2.55. The van der Waals surface area contributed by atoms with Crippen LogP contribution in [-0.2, 0) is 25.6 Å². The number of nitrogens with two attached hydrogens (primary N) is 1. The van der Waals surface area contributed by atoms with Crippen molar-refractivity contribution in [2.45, 2.75) is 31.3 Å². The normalized spacial score (nSPS) is 30.9. The van der Waals surface area contributed by atoms with E-state index in [-0.39, 0.29) is 36.0 Å². The minimum absolute atomic E-state index is 0.0737. The lowest BCUT2D eigenvalue weighted by molar-refractivity contribution is -0.137. The second-order valence-corrected chi connectivity index (χ2v) is 8.10. The molecule has 10 heteroatoms. The van der Waals surface area contributed by atoms with E-state index in [1.54, 1.807) is 26.3 Å². The van der Waals surface area contributed by atoms with Crippen molar-refractivity contribution in [3.8, 4) is 0 Å². The molecule has 0 saturated carbocycles. The molecule has 10 nitrogen and oxygen atoms in total. The Balaban J connectivity index is 1.51. The monoisotopic (exact) mass is 425 g/mol. The average molecular weight is 425 g/mol. The predicted octanol–water partition coefficient (Wildman–Crippen LogP) is -0.425. The molecule has 0 radical (unpaired) electrons. The van der Waals surface area contributed by atoms with Crippen LogP contribution in [0.3, 0.4) is 0 Å². The highest BCUT2D eigenvalue weighted by molar-refractivity contribution is 6.25. The van der Waals surface area contributed by atoms with Crippen LogP contribution in [-0.4, -0.2) is 65.6 Å². The first-order valence-corrected chi connectivity index (χ1v) is 10.1. The maximum atomic E-state index is 13.6. The number of primary amides is 1. The van der Waals surface area contributed by atoms with Gasteiger partial charge in [0.25, 0.3) is 0 Å². The van der Waals surface area contributed by atoms with Gasteiger partial charge in [-0.25, -0.2) is 4.79 Å². The second-order valence-electron chi connectivity index (χ2n) is 8.10. The van der Waals surface area contributed by atoms with Crippen LogP contribution in [0.15, 0.2) is 46.9 Å². The van der Waals surface area contributed by atoms with E-state index in [9.17, 15) is 14.4 Å². The van der Waals surface area contributed by atoms with Gasteiger partial charge in [-0.3, -0.25) is 14.6 Å². The lowest BCUT2D eigenvalue weighted by Crippen LogP contribution is -2.55. The van der Waals surface area contributed by atoms with Crippen molar-refractivity contribution in [3.05, 3.63) is 52.6 Å². The Labute approximate surface area is 178 Å². The second kappa shape index (κ2) is 6.89. The molecule has 1 aromatic rings. The molecule has 0 aromatic carbocycles. The Hall–Kier alpha value is -3.24. The first-order chi connectivity index (χ1) is 14.9. The first kappa shape index (κ1) is 19.7. The van der Waals surface area contributed by atoms with Gasteiger partial charge in [-0.15, -0.1) is 0 Å². The number of carbonyl (C=O) groups excluding carboxylic acids is 3. The summed E-state index contributed by atoms with van der Waals surface area (Å²) >= 11 is 0. The summed E-state index contributed by atoms with van der Waals surface area (Å²) in [6.45, 7) is 2.31. The molecule has 0 bridgehead atoms. The van der Waals surface area contributed by atoms with Crippen LogP contribution in [0.5, 0.6) is 0 Å². The average Bonchev–Trinajstić information content (AvgIpc) is 3.37. The molecule has 4 heterocycles. The van der Waals surface area contributed by atoms with Gasteiger partial charge in [-0.2, -0.15) is 0 Å². The lowest BCUT2D eigenvalue weighted by atomic mass is 9.82. The summed E-state index contributed by atoms with van der Waals surface area (Å²) < 4.78 is 11.1. The number of nitrogens with one attached hydrogen (secondary N) is 2. The number of piperazine rings is 1. The van der Waals surface area contributed by atoms with Crippen molar-refractivity contribution in [2.24, 2.45) is 11.7 Å². The van der Waals surface area contributed by atoms with Gasteiger partial charge in [0.05, 0.1) is 35.6 Å². The number of allylic oxidation sites excluding steroid dienone is 2. The quantitative estimate of drug-likeness (QED) is 0.408. The van der Waals surface area contributed by atoms with Gasteiger partial charge < -0.3 is 30.7 Å². The molecule has 1 amide bonds. The van der Waals surface area contributed by atoms with Gasteiger partial charge in [0.15, 0.2) is 5.72 Å². The lowest BCUT2D eigenvalue weighted by Gasteiger charge is -2.39. The van der Waals surface area contributed by atoms with Gasteiger partial charge in [-0.05, 0) is 19.1 Å². The number of methoxy groups -OCH3 is 1. The first-order valence-electron chi connectivity index (χ1n) is 10.1. The summed E-state index contributed by atoms with van der Waals surface area (Å²) in [4.78, 5) is 44.5. The number of amides is 1. The zero-order chi connectivity index (χ0) is 21.9. The zero-order valence-electron chi connectivity index (χ0n) is 17.2. The topological polar surface area (TPSA) is 146 Å². The van der Waals surface area contributed by atoms with Crippen LogP contribution in [0.2, 0.25) is 0 Å². The largest absolute Gasteiger partial charge is 0.449 e. The number of nitrogens with zero attached hydrogens (tertiary/aromatic N) is 2. The molecule has 3 aliphatic heterocycles. The SMILES string of the molecule is CO[C@@]12C(COC(N)=O)C3=C(C(=O)C(C)=C(NCc4ccccn4)C3=O)N1CC1NC12. The van der Waals surface area contributed by atoms with E-state index >= 15 is 0 Å². The summed E-state index contributed by atoms with van der Waals surface area (Å²) in [7, 11) is 1.54. The molecule has 31 heavy (non-hydrogen) atoms. The van der Waals surface area contributed by atoms with E-state index in [2.05, 4.69) is 15.6 Å². The number of fused-ring (bicyclic) bond motifs is 4. The maximum absolute atomic E-state index is 13.6. The number of pyridine rings is 1. The maximum Gasteiger partial charge on any atom is 0.404 e. The number of hydrogen-bond donors (Lipinski definition) is 3. The summed E-state index contributed by atoms with van der Waals surface area (Å²) in [5.41, 5.74) is 6.16.